The number of ether oxygens (including phenoxy) is 1. The first-order chi connectivity index (χ1) is 14.5. The summed E-state index contributed by atoms with van der Waals surface area (Å²) in [6.45, 7) is 3.41. The molecule has 0 unspecified atom stereocenters. The summed E-state index contributed by atoms with van der Waals surface area (Å²) in [5.74, 6) is -0.178. The van der Waals surface area contributed by atoms with Gasteiger partial charge < -0.3 is 9.64 Å². The number of carbonyl (C=O) groups is 2. The molecular weight excluding hydrogens is 382 g/mol. The third-order valence-corrected chi connectivity index (χ3v) is 5.87. The molecule has 8 heteroatoms. The van der Waals surface area contributed by atoms with E-state index in [1.807, 2.05) is 26.0 Å². The summed E-state index contributed by atoms with van der Waals surface area (Å²) in [4.78, 5) is 35.3. The number of hydrogen-bond acceptors (Lipinski definition) is 6. The minimum absolute atomic E-state index is 0.0181. The Kier molecular flexibility index (Phi) is 5.48. The van der Waals surface area contributed by atoms with Crippen LogP contribution in [-0.2, 0) is 27.2 Å². The minimum atomic E-state index is -0.465. The van der Waals surface area contributed by atoms with Gasteiger partial charge in [-0.15, -0.1) is 0 Å². The van der Waals surface area contributed by atoms with E-state index in [4.69, 9.17) is 4.74 Å². The maximum atomic E-state index is 12.7. The van der Waals surface area contributed by atoms with Gasteiger partial charge in [0.1, 0.15) is 6.33 Å². The van der Waals surface area contributed by atoms with Crippen LogP contribution in [0.4, 0.5) is 0 Å². The van der Waals surface area contributed by atoms with Crippen LogP contribution >= 0.6 is 0 Å². The van der Waals surface area contributed by atoms with Gasteiger partial charge in [0.2, 0.25) is 0 Å². The van der Waals surface area contributed by atoms with E-state index in [1.54, 1.807) is 16.5 Å². The highest BCUT2D eigenvalue weighted by Gasteiger charge is 2.27. The third-order valence-electron chi connectivity index (χ3n) is 5.87. The quantitative estimate of drug-likeness (QED) is 0.603. The fourth-order valence-corrected chi connectivity index (χ4v) is 4.16. The largest absolute Gasteiger partial charge is 0.455 e. The highest BCUT2D eigenvalue weighted by atomic mass is 16.5. The van der Waals surface area contributed by atoms with Crippen LogP contribution in [0.15, 0.2) is 30.6 Å². The van der Waals surface area contributed by atoms with Crippen LogP contribution in [0, 0.1) is 13.8 Å². The maximum Gasteiger partial charge on any atom is 0.310 e. The van der Waals surface area contributed by atoms with Crippen molar-refractivity contribution in [2.75, 3.05) is 13.7 Å². The van der Waals surface area contributed by atoms with E-state index >= 15 is 0 Å². The summed E-state index contributed by atoms with van der Waals surface area (Å²) in [6.07, 6.45) is 4.44. The zero-order valence-electron chi connectivity index (χ0n) is 17.5. The van der Waals surface area contributed by atoms with Crippen molar-refractivity contribution in [3.63, 3.8) is 0 Å². The summed E-state index contributed by atoms with van der Waals surface area (Å²) in [6, 6.07) is 8.24. The van der Waals surface area contributed by atoms with E-state index in [-0.39, 0.29) is 25.0 Å². The topological polar surface area (TPSA) is 89.7 Å². The Bertz CT molecular complexity index is 1110. The van der Waals surface area contributed by atoms with Gasteiger partial charge in [-0.05, 0) is 44.2 Å². The summed E-state index contributed by atoms with van der Waals surface area (Å²) in [7, 11) is 1.78. The molecule has 0 radical (unpaired) electrons. The van der Waals surface area contributed by atoms with Crippen molar-refractivity contribution in [2.24, 2.45) is 0 Å². The Morgan fingerprint density at radius 3 is 2.90 bits per heavy atom. The second-order valence-corrected chi connectivity index (χ2v) is 7.68. The molecule has 0 saturated carbocycles. The number of rotatable bonds is 5. The first-order valence-corrected chi connectivity index (χ1v) is 10.1. The number of nitrogens with zero attached hydrogens (tertiary/aromatic N) is 5. The van der Waals surface area contributed by atoms with Crippen LogP contribution in [0.25, 0.3) is 5.78 Å². The molecular formula is C22H25N5O3. The number of amides is 1. The zero-order chi connectivity index (χ0) is 21.3. The van der Waals surface area contributed by atoms with Gasteiger partial charge in [-0.1, -0.05) is 24.3 Å². The number of aromatic nitrogens is 4. The first-order valence-electron chi connectivity index (χ1n) is 10.1. The average Bonchev–Trinajstić information content (AvgIpc) is 3.22. The Morgan fingerprint density at radius 2 is 2.07 bits per heavy atom. The van der Waals surface area contributed by atoms with Crippen molar-refractivity contribution < 1.29 is 14.3 Å². The number of likely N-dealkylation sites (N-methyl/N-ethyl adjacent to an activating group) is 1. The van der Waals surface area contributed by atoms with E-state index in [1.165, 1.54) is 17.5 Å². The SMILES string of the molecule is Cc1nc2ncnn2c(C)c1CC(=O)OCC(=O)N(C)[C@@H]1CCCc2ccccc21. The molecule has 1 atom stereocenters. The summed E-state index contributed by atoms with van der Waals surface area (Å²) < 4.78 is 6.90. The second-order valence-electron chi connectivity index (χ2n) is 7.68. The molecule has 3 aromatic rings. The molecule has 2 heterocycles. The average molecular weight is 407 g/mol. The highest BCUT2D eigenvalue weighted by Crippen LogP contribution is 2.33. The van der Waals surface area contributed by atoms with Gasteiger partial charge >= 0.3 is 5.97 Å². The Balaban J connectivity index is 1.39. The minimum Gasteiger partial charge on any atom is -0.455 e. The molecule has 0 N–H and O–H groups in total. The molecule has 0 spiro atoms. The van der Waals surface area contributed by atoms with E-state index in [0.717, 1.165) is 30.5 Å². The highest BCUT2D eigenvalue weighted by molar-refractivity contribution is 5.81. The van der Waals surface area contributed by atoms with E-state index in [0.29, 0.717) is 11.5 Å². The lowest BCUT2D eigenvalue weighted by Gasteiger charge is -2.33. The van der Waals surface area contributed by atoms with Gasteiger partial charge in [-0.2, -0.15) is 10.1 Å². The number of benzene rings is 1. The number of esters is 1. The van der Waals surface area contributed by atoms with Crippen LogP contribution in [0.5, 0.6) is 0 Å². The van der Waals surface area contributed by atoms with E-state index in [2.05, 4.69) is 27.2 Å². The second kappa shape index (κ2) is 8.22. The smallest absolute Gasteiger partial charge is 0.310 e. The molecule has 8 nitrogen and oxygen atoms in total. The lowest BCUT2D eigenvalue weighted by atomic mass is 9.87. The van der Waals surface area contributed by atoms with E-state index in [9.17, 15) is 9.59 Å². The Morgan fingerprint density at radius 1 is 1.27 bits per heavy atom. The molecule has 2 aromatic heterocycles. The van der Waals surface area contributed by atoms with Crippen LogP contribution in [0.2, 0.25) is 0 Å². The third kappa shape index (κ3) is 3.77. The molecule has 4 rings (SSSR count). The molecule has 0 saturated heterocycles. The predicted molar refractivity (Wildman–Crippen MR) is 110 cm³/mol. The molecule has 0 fully saturated rings. The molecule has 30 heavy (non-hydrogen) atoms. The molecule has 156 valence electrons. The standard InChI is InChI=1S/C22H25N5O3/c1-14-18(15(2)27-22(25-14)23-13-24-27)11-21(29)30-12-20(28)26(3)19-10-6-8-16-7-4-5-9-17(16)19/h4-5,7,9,13,19H,6,8,10-12H2,1-3H3/t19-/m1/s1. The van der Waals surface area contributed by atoms with E-state index < -0.39 is 5.97 Å². The number of fused-ring (bicyclic) bond motifs is 2. The number of carbonyl (C=O) groups excluding carboxylic acids is 2. The van der Waals surface area contributed by atoms with Crippen molar-refractivity contribution in [3.8, 4) is 0 Å². The van der Waals surface area contributed by atoms with Crippen LogP contribution in [0.1, 0.15) is 47.0 Å². The van der Waals surface area contributed by atoms with Gasteiger partial charge in [0.25, 0.3) is 11.7 Å². The summed E-state index contributed by atoms with van der Waals surface area (Å²) >= 11 is 0. The molecule has 1 aliphatic rings. The normalized spacial score (nSPS) is 15.6. The number of hydrogen-bond donors (Lipinski definition) is 0. The Labute approximate surface area is 174 Å². The maximum absolute atomic E-state index is 12.7. The Hall–Kier alpha value is -3.29. The van der Waals surface area contributed by atoms with Crippen LogP contribution in [0.3, 0.4) is 0 Å². The molecule has 0 aliphatic heterocycles. The molecule has 1 amide bonds. The number of aryl methyl sites for hydroxylation is 3. The van der Waals surface area contributed by atoms with Crippen LogP contribution in [-0.4, -0.2) is 50.0 Å². The fraction of sp³-hybridized carbons (Fsp3) is 0.409. The van der Waals surface area contributed by atoms with Gasteiger partial charge in [0.15, 0.2) is 6.61 Å². The van der Waals surface area contributed by atoms with Crippen molar-refractivity contribution in [2.45, 2.75) is 45.6 Å². The lowest BCUT2D eigenvalue weighted by Crippen LogP contribution is -2.36. The molecule has 1 aromatic carbocycles. The van der Waals surface area contributed by atoms with Gasteiger partial charge in [-0.25, -0.2) is 9.50 Å². The van der Waals surface area contributed by atoms with Crippen molar-refractivity contribution in [1.29, 1.82) is 0 Å². The van der Waals surface area contributed by atoms with Gasteiger partial charge in [0.05, 0.1) is 12.5 Å². The monoisotopic (exact) mass is 407 g/mol. The van der Waals surface area contributed by atoms with Gasteiger partial charge in [0, 0.05) is 24.0 Å². The molecule has 1 aliphatic carbocycles. The summed E-state index contributed by atoms with van der Waals surface area (Å²) in [5.41, 5.74) is 4.69. The summed E-state index contributed by atoms with van der Waals surface area (Å²) in [5, 5.41) is 4.13. The first kappa shape index (κ1) is 20.0. The zero-order valence-corrected chi connectivity index (χ0v) is 17.5. The predicted octanol–water partition coefficient (Wildman–Crippen LogP) is 2.36. The lowest BCUT2D eigenvalue weighted by molar-refractivity contribution is -0.152. The van der Waals surface area contributed by atoms with Crippen LogP contribution < -0.4 is 0 Å². The van der Waals surface area contributed by atoms with Gasteiger partial charge in [-0.3, -0.25) is 9.59 Å². The van der Waals surface area contributed by atoms with Crippen molar-refractivity contribution in [1.82, 2.24) is 24.5 Å². The van der Waals surface area contributed by atoms with Crippen molar-refractivity contribution >= 4 is 17.7 Å². The van der Waals surface area contributed by atoms with Crippen molar-refractivity contribution in [3.05, 3.63) is 58.7 Å². The fourth-order valence-electron chi connectivity index (χ4n) is 4.16. The molecule has 0 bridgehead atoms.